The Morgan fingerprint density at radius 3 is 2.47 bits per heavy atom. The number of nitrogens with zero attached hydrogens (tertiary/aromatic N) is 1. The monoisotopic (exact) mass is 530 g/mol. The van der Waals surface area contributed by atoms with Crippen LogP contribution in [-0.4, -0.2) is 70.0 Å². The van der Waals surface area contributed by atoms with Crippen molar-refractivity contribution >= 4 is 50.6 Å². The molecule has 9 nitrogen and oxygen atoms in total. The molecule has 0 atom stereocenters. The summed E-state index contributed by atoms with van der Waals surface area (Å²) in [7, 11) is 5.68. The molecule has 10 heteroatoms. The predicted molar refractivity (Wildman–Crippen MR) is 141 cm³/mol. The number of anilines is 3. The van der Waals surface area contributed by atoms with Crippen LogP contribution in [0.2, 0.25) is 0 Å². The number of benzene rings is 2. The predicted octanol–water partition coefficient (Wildman–Crippen LogP) is 3.12. The van der Waals surface area contributed by atoms with Crippen LogP contribution in [0.25, 0.3) is 0 Å². The van der Waals surface area contributed by atoms with E-state index in [0.29, 0.717) is 31.0 Å². The van der Waals surface area contributed by atoms with E-state index in [-0.39, 0.29) is 11.7 Å². The van der Waals surface area contributed by atoms with E-state index in [1.807, 2.05) is 43.3 Å². The van der Waals surface area contributed by atoms with Gasteiger partial charge in [-0.15, -0.1) is 0 Å². The Balaban J connectivity index is 1.90. The van der Waals surface area contributed by atoms with Crippen LogP contribution in [0, 0.1) is 5.41 Å². The van der Waals surface area contributed by atoms with Gasteiger partial charge in [0.25, 0.3) is 0 Å². The Morgan fingerprint density at radius 2 is 1.76 bits per heavy atom. The SMILES string of the molecule is CNc1ccc(NC(=O)/C=C/C(=O)NCCOCCN(C)C)cc1C(=N)Nc1cccc(Br)c1. The van der Waals surface area contributed by atoms with Crippen LogP contribution in [0.5, 0.6) is 0 Å². The second-order valence-electron chi connectivity index (χ2n) is 7.55. The molecule has 34 heavy (non-hydrogen) atoms. The lowest BCUT2D eigenvalue weighted by Gasteiger charge is -2.14. The molecule has 0 radical (unpaired) electrons. The smallest absolute Gasteiger partial charge is 0.248 e. The highest BCUT2D eigenvalue weighted by Crippen LogP contribution is 2.23. The lowest BCUT2D eigenvalue weighted by Crippen LogP contribution is -2.27. The minimum atomic E-state index is -0.452. The van der Waals surface area contributed by atoms with Crippen LogP contribution in [-0.2, 0) is 14.3 Å². The maximum Gasteiger partial charge on any atom is 0.248 e. The average molecular weight is 531 g/mol. The molecule has 5 N–H and O–H groups in total. The van der Waals surface area contributed by atoms with Gasteiger partial charge >= 0.3 is 0 Å². The van der Waals surface area contributed by atoms with E-state index in [1.54, 1.807) is 25.2 Å². The lowest BCUT2D eigenvalue weighted by molar-refractivity contribution is -0.117. The topological polar surface area (TPSA) is 119 Å². The minimum absolute atomic E-state index is 0.168. The van der Waals surface area contributed by atoms with E-state index in [0.717, 1.165) is 22.4 Å². The largest absolute Gasteiger partial charge is 0.388 e. The number of nitrogens with one attached hydrogen (secondary N) is 5. The molecule has 0 spiro atoms. The van der Waals surface area contributed by atoms with Gasteiger partial charge in [-0.05, 0) is 50.5 Å². The molecule has 0 saturated carbocycles. The van der Waals surface area contributed by atoms with Crippen molar-refractivity contribution in [3.05, 3.63) is 64.7 Å². The van der Waals surface area contributed by atoms with E-state index in [4.69, 9.17) is 10.1 Å². The van der Waals surface area contributed by atoms with Gasteiger partial charge in [-0.25, -0.2) is 0 Å². The van der Waals surface area contributed by atoms with E-state index in [1.165, 1.54) is 12.2 Å². The number of carbonyl (C=O) groups excluding carboxylic acids is 2. The van der Waals surface area contributed by atoms with E-state index in [2.05, 4.69) is 37.2 Å². The van der Waals surface area contributed by atoms with Gasteiger partial charge in [0.15, 0.2) is 0 Å². The standard InChI is InChI=1S/C24H31BrN6O3/c1-27-21-8-7-19(16-20(21)24(26)30-18-6-4-5-17(25)15-18)29-23(33)10-9-22(32)28-11-13-34-14-12-31(2)3/h4-10,15-16,27H,11-14H2,1-3H3,(H2,26,30)(H,28,32)(H,29,33)/b10-9+. The molecule has 0 bridgehead atoms. The molecule has 182 valence electrons. The zero-order valence-corrected chi connectivity index (χ0v) is 21.2. The summed E-state index contributed by atoms with van der Waals surface area (Å²) < 4.78 is 6.30. The third-order valence-corrected chi connectivity index (χ3v) is 5.03. The van der Waals surface area contributed by atoms with E-state index < -0.39 is 5.91 Å². The van der Waals surface area contributed by atoms with Gasteiger partial charge in [-0.3, -0.25) is 15.0 Å². The summed E-state index contributed by atoms with van der Waals surface area (Å²) in [6.07, 6.45) is 2.34. The molecule has 0 aromatic heterocycles. The van der Waals surface area contributed by atoms with Crippen LogP contribution >= 0.6 is 15.9 Å². The number of amidine groups is 1. The fourth-order valence-electron chi connectivity index (χ4n) is 2.81. The second kappa shape index (κ2) is 14.1. The third-order valence-electron chi connectivity index (χ3n) is 4.53. The van der Waals surface area contributed by atoms with Crippen LogP contribution in [0.1, 0.15) is 5.56 Å². The van der Waals surface area contributed by atoms with Crippen molar-refractivity contribution < 1.29 is 14.3 Å². The third kappa shape index (κ3) is 9.74. The van der Waals surface area contributed by atoms with Gasteiger partial charge < -0.3 is 30.9 Å². The average Bonchev–Trinajstić information content (AvgIpc) is 2.79. The zero-order valence-electron chi connectivity index (χ0n) is 19.6. The molecule has 2 aromatic carbocycles. The van der Waals surface area contributed by atoms with Crippen molar-refractivity contribution in [2.45, 2.75) is 0 Å². The van der Waals surface area contributed by atoms with Gasteiger partial charge in [0, 0.05) is 59.4 Å². The number of hydrogen-bond acceptors (Lipinski definition) is 6. The molecule has 2 rings (SSSR count). The lowest BCUT2D eigenvalue weighted by atomic mass is 10.1. The van der Waals surface area contributed by atoms with Crippen LogP contribution in [0.4, 0.5) is 17.1 Å². The Labute approximate surface area is 208 Å². The number of rotatable bonds is 12. The van der Waals surface area contributed by atoms with Crippen LogP contribution in [0.15, 0.2) is 59.1 Å². The highest BCUT2D eigenvalue weighted by Gasteiger charge is 2.10. The summed E-state index contributed by atoms with van der Waals surface area (Å²) in [5, 5.41) is 20.0. The van der Waals surface area contributed by atoms with Gasteiger partial charge in [0.05, 0.1) is 13.2 Å². The molecule has 2 aromatic rings. The number of amides is 2. The van der Waals surface area contributed by atoms with Gasteiger partial charge in [-0.1, -0.05) is 22.0 Å². The van der Waals surface area contributed by atoms with Crippen molar-refractivity contribution in [1.82, 2.24) is 10.2 Å². The maximum atomic E-state index is 12.3. The van der Waals surface area contributed by atoms with Crippen molar-refractivity contribution in [3.8, 4) is 0 Å². The molecule has 0 aliphatic carbocycles. The first kappa shape index (κ1) is 27.0. The zero-order chi connectivity index (χ0) is 24.9. The molecule has 2 amide bonds. The number of hydrogen-bond donors (Lipinski definition) is 5. The van der Waals surface area contributed by atoms with Gasteiger partial charge in [0.1, 0.15) is 5.84 Å². The van der Waals surface area contributed by atoms with Crippen molar-refractivity contribution in [1.29, 1.82) is 5.41 Å². The highest BCUT2D eigenvalue weighted by molar-refractivity contribution is 9.10. The summed E-state index contributed by atoms with van der Waals surface area (Å²) in [4.78, 5) is 26.1. The molecule has 0 heterocycles. The molecule has 0 unspecified atom stereocenters. The molecular weight excluding hydrogens is 500 g/mol. The first-order chi connectivity index (χ1) is 16.3. The Morgan fingerprint density at radius 1 is 1.03 bits per heavy atom. The van der Waals surface area contributed by atoms with Gasteiger partial charge in [-0.2, -0.15) is 0 Å². The van der Waals surface area contributed by atoms with Crippen LogP contribution in [0.3, 0.4) is 0 Å². The number of carbonyl (C=O) groups is 2. The molecule has 0 aliphatic rings. The molecule has 0 fully saturated rings. The molecule has 0 saturated heterocycles. The fraction of sp³-hybridized carbons (Fsp3) is 0.292. The quantitative estimate of drug-likeness (QED) is 0.124. The fourth-order valence-corrected chi connectivity index (χ4v) is 3.21. The van der Waals surface area contributed by atoms with Crippen LogP contribution < -0.4 is 21.3 Å². The first-order valence-corrected chi connectivity index (χ1v) is 11.5. The second-order valence-corrected chi connectivity index (χ2v) is 8.47. The van der Waals surface area contributed by atoms with Crippen molar-refractivity contribution in [2.24, 2.45) is 0 Å². The van der Waals surface area contributed by atoms with E-state index in [9.17, 15) is 9.59 Å². The Hall–Kier alpha value is -3.21. The molecular formula is C24H31BrN6O3. The van der Waals surface area contributed by atoms with Crippen molar-refractivity contribution in [3.63, 3.8) is 0 Å². The number of likely N-dealkylation sites (N-methyl/N-ethyl adjacent to an activating group) is 1. The van der Waals surface area contributed by atoms with Crippen molar-refractivity contribution in [2.75, 3.05) is 63.4 Å². The number of halogens is 1. The minimum Gasteiger partial charge on any atom is -0.388 e. The summed E-state index contributed by atoms with van der Waals surface area (Å²) in [6, 6.07) is 12.7. The Bertz CT molecular complexity index is 1030. The number of ether oxygens (including phenoxy) is 1. The summed E-state index contributed by atoms with van der Waals surface area (Å²) >= 11 is 3.42. The summed E-state index contributed by atoms with van der Waals surface area (Å²) in [5.74, 6) is -0.661. The summed E-state index contributed by atoms with van der Waals surface area (Å²) in [6.45, 7) is 2.16. The van der Waals surface area contributed by atoms with E-state index >= 15 is 0 Å². The Kier molecular flexibility index (Phi) is 11.2. The maximum absolute atomic E-state index is 12.3. The normalized spacial score (nSPS) is 10.9. The van der Waals surface area contributed by atoms with Gasteiger partial charge in [0.2, 0.25) is 11.8 Å². The highest BCUT2D eigenvalue weighted by atomic mass is 79.9. The summed E-state index contributed by atoms with van der Waals surface area (Å²) in [5.41, 5.74) is 2.57. The molecule has 0 aliphatic heterocycles. The first-order valence-electron chi connectivity index (χ1n) is 10.7.